The number of pyridine rings is 1. The highest BCUT2D eigenvalue weighted by atomic mass is 19.1. The molecule has 150 valence electrons. The third-order valence-electron chi connectivity index (χ3n) is 5.51. The summed E-state index contributed by atoms with van der Waals surface area (Å²) in [4.78, 5) is 19.3. The molecule has 0 bridgehead atoms. The Balaban J connectivity index is 1.74. The van der Waals surface area contributed by atoms with Crippen molar-refractivity contribution >= 4 is 28.2 Å². The van der Waals surface area contributed by atoms with E-state index in [1.807, 2.05) is 4.90 Å². The standard InChI is InChI=1S/C23H23F2N3O/c1-14-7-9-28(10-8-14)23(29)22-13-21(18-11-16(24)4-6-20(18)27-22)26-17-5-3-15(2)19(25)12-17/h3-6,11-14H,7-10H2,1-2H3,(H,26,27). The van der Waals surface area contributed by atoms with Gasteiger partial charge in [-0.05, 0) is 67.6 Å². The van der Waals surface area contributed by atoms with E-state index < -0.39 is 5.82 Å². The molecule has 2 heterocycles. The summed E-state index contributed by atoms with van der Waals surface area (Å²) in [6, 6.07) is 10.7. The minimum atomic E-state index is -0.401. The van der Waals surface area contributed by atoms with Crippen molar-refractivity contribution in [3.63, 3.8) is 0 Å². The Kier molecular flexibility index (Phi) is 5.18. The molecule has 0 unspecified atom stereocenters. The number of halogens is 2. The molecule has 2 aromatic carbocycles. The van der Waals surface area contributed by atoms with Crippen LogP contribution >= 0.6 is 0 Å². The molecule has 1 N–H and O–H groups in total. The first-order valence-corrected chi connectivity index (χ1v) is 9.83. The van der Waals surface area contributed by atoms with Crippen LogP contribution in [-0.2, 0) is 0 Å². The number of anilines is 2. The van der Waals surface area contributed by atoms with E-state index in [9.17, 15) is 13.6 Å². The van der Waals surface area contributed by atoms with Crippen molar-refractivity contribution in [2.45, 2.75) is 26.7 Å². The zero-order valence-electron chi connectivity index (χ0n) is 16.5. The first-order chi connectivity index (χ1) is 13.9. The number of likely N-dealkylation sites (tertiary alicyclic amines) is 1. The number of carbonyl (C=O) groups excluding carboxylic acids is 1. The number of nitrogens with zero attached hydrogens (tertiary/aromatic N) is 2. The van der Waals surface area contributed by atoms with Gasteiger partial charge in [-0.25, -0.2) is 13.8 Å². The molecule has 29 heavy (non-hydrogen) atoms. The Morgan fingerprint density at radius 3 is 2.59 bits per heavy atom. The Bertz CT molecular complexity index is 1080. The summed E-state index contributed by atoms with van der Waals surface area (Å²) in [5, 5.41) is 3.67. The molecule has 6 heteroatoms. The number of aromatic nitrogens is 1. The maximum atomic E-state index is 14.0. The van der Waals surface area contributed by atoms with Crippen molar-refractivity contribution in [2.75, 3.05) is 18.4 Å². The molecule has 0 atom stereocenters. The van der Waals surface area contributed by atoms with Gasteiger partial charge in [-0.15, -0.1) is 0 Å². The van der Waals surface area contributed by atoms with Crippen molar-refractivity contribution in [3.8, 4) is 0 Å². The van der Waals surface area contributed by atoms with E-state index in [1.54, 1.807) is 31.2 Å². The number of nitrogens with one attached hydrogen (secondary N) is 1. The SMILES string of the molecule is Cc1ccc(Nc2cc(C(=O)N3CCC(C)CC3)nc3ccc(F)cc23)cc1F. The lowest BCUT2D eigenvalue weighted by Gasteiger charge is -2.30. The minimum Gasteiger partial charge on any atom is -0.355 e. The number of carbonyl (C=O) groups is 1. The number of hydrogen-bond acceptors (Lipinski definition) is 3. The van der Waals surface area contributed by atoms with Gasteiger partial charge in [-0.3, -0.25) is 4.79 Å². The van der Waals surface area contributed by atoms with Crippen LogP contribution in [-0.4, -0.2) is 28.9 Å². The molecule has 1 amide bonds. The van der Waals surface area contributed by atoms with Crippen molar-refractivity contribution < 1.29 is 13.6 Å². The third-order valence-corrected chi connectivity index (χ3v) is 5.51. The Morgan fingerprint density at radius 1 is 1.10 bits per heavy atom. The topological polar surface area (TPSA) is 45.2 Å². The minimum absolute atomic E-state index is 0.138. The van der Waals surface area contributed by atoms with E-state index in [4.69, 9.17) is 0 Å². The summed E-state index contributed by atoms with van der Waals surface area (Å²) in [5.41, 5.74) is 2.39. The summed E-state index contributed by atoms with van der Waals surface area (Å²) in [6.07, 6.45) is 1.94. The van der Waals surface area contributed by atoms with E-state index in [-0.39, 0.29) is 11.7 Å². The van der Waals surface area contributed by atoms with E-state index in [0.717, 1.165) is 12.8 Å². The smallest absolute Gasteiger partial charge is 0.272 e. The van der Waals surface area contributed by atoms with Crippen LogP contribution in [0.25, 0.3) is 10.9 Å². The summed E-state index contributed by atoms with van der Waals surface area (Å²) in [6.45, 7) is 5.28. The maximum Gasteiger partial charge on any atom is 0.272 e. The van der Waals surface area contributed by atoms with Gasteiger partial charge in [0.15, 0.2) is 0 Å². The van der Waals surface area contributed by atoms with E-state index in [2.05, 4.69) is 17.2 Å². The van der Waals surface area contributed by atoms with Gasteiger partial charge in [-0.1, -0.05) is 13.0 Å². The summed E-state index contributed by atoms with van der Waals surface area (Å²) >= 11 is 0. The van der Waals surface area contributed by atoms with Crippen LogP contribution in [0.5, 0.6) is 0 Å². The van der Waals surface area contributed by atoms with Crippen LogP contribution in [0.3, 0.4) is 0 Å². The highest BCUT2D eigenvalue weighted by Crippen LogP contribution is 2.29. The fourth-order valence-corrected chi connectivity index (χ4v) is 3.61. The molecule has 4 rings (SSSR count). The first kappa shape index (κ1) is 19.3. The quantitative estimate of drug-likeness (QED) is 0.643. The third kappa shape index (κ3) is 4.06. The lowest BCUT2D eigenvalue weighted by atomic mass is 9.99. The second-order valence-corrected chi connectivity index (χ2v) is 7.78. The van der Waals surface area contributed by atoms with Gasteiger partial charge in [-0.2, -0.15) is 0 Å². The molecular formula is C23H23F2N3O. The van der Waals surface area contributed by atoms with E-state index >= 15 is 0 Å². The predicted molar refractivity (Wildman–Crippen MR) is 110 cm³/mol. The molecule has 1 saturated heterocycles. The second-order valence-electron chi connectivity index (χ2n) is 7.78. The van der Waals surface area contributed by atoms with Crippen LogP contribution in [0, 0.1) is 24.5 Å². The summed E-state index contributed by atoms with van der Waals surface area (Å²) in [7, 11) is 0. The van der Waals surface area contributed by atoms with Crippen molar-refractivity contribution in [2.24, 2.45) is 5.92 Å². The van der Waals surface area contributed by atoms with Gasteiger partial charge in [0.25, 0.3) is 5.91 Å². The Morgan fingerprint density at radius 2 is 1.86 bits per heavy atom. The van der Waals surface area contributed by atoms with Gasteiger partial charge in [0.1, 0.15) is 17.3 Å². The maximum absolute atomic E-state index is 14.0. The average molecular weight is 395 g/mol. The fraction of sp³-hybridized carbons (Fsp3) is 0.304. The lowest BCUT2D eigenvalue weighted by Crippen LogP contribution is -2.38. The molecular weight excluding hydrogens is 372 g/mol. The number of fused-ring (bicyclic) bond motifs is 1. The van der Waals surface area contributed by atoms with Crippen molar-refractivity contribution in [3.05, 3.63) is 65.4 Å². The number of amides is 1. The van der Waals surface area contributed by atoms with Crippen LogP contribution in [0.15, 0.2) is 42.5 Å². The normalized spacial score (nSPS) is 15.0. The largest absolute Gasteiger partial charge is 0.355 e. The van der Waals surface area contributed by atoms with Gasteiger partial charge < -0.3 is 10.2 Å². The van der Waals surface area contributed by atoms with Gasteiger partial charge in [0.05, 0.1) is 11.2 Å². The zero-order valence-corrected chi connectivity index (χ0v) is 16.5. The molecule has 1 aliphatic rings. The molecule has 0 radical (unpaired) electrons. The number of aryl methyl sites for hydroxylation is 1. The highest BCUT2D eigenvalue weighted by Gasteiger charge is 2.23. The van der Waals surface area contributed by atoms with Crippen LogP contribution < -0.4 is 5.32 Å². The van der Waals surface area contributed by atoms with Crippen molar-refractivity contribution in [1.29, 1.82) is 0 Å². The zero-order chi connectivity index (χ0) is 20.5. The number of piperidine rings is 1. The molecule has 1 fully saturated rings. The van der Waals surface area contributed by atoms with Gasteiger partial charge in [0, 0.05) is 24.2 Å². The molecule has 1 aliphatic heterocycles. The molecule has 0 aliphatic carbocycles. The monoisotopic (exact) mass is 395 g/mol. The molecule has 0 spiro atoms. The van der Waals surface area contributed by atoms with Crippen molar-refractivity contribution in [1.82, 2.24) is 9.88 Å². The Hall–Kier alpha value is -3.02. The van der Waals surface area contributed by atoms with Crippen LogP contribution in [0.4, 0.5) is 20.2 Å². The van der Waals surface area contributed by atoms with E-state index in [1.165, 1.54) is 18.2 Å². The average Bonchev–Trinajstić information content (AvgIpc) is 2.71. The fourth-order valence-electron chi connectivity index (χ4n) is 3.61. The first-order valence-electron chi connectivity index (χ1n) is 9.83. The van der Waals surface area contributed by atoms with Gasteiger partial charge in [0.2, 0.25) is 0 Å². The van der Waals surface area contributed by atoms with E-state index in [0.29, 0.717) is 52.5 Å². The second kappa shape index (κ2) is 7.78. The Labute approximate surface area is 168 Å². The van der Waals surface area contributed by atoms with Crippen LogP contribution in [0.2, 0.25) is 0 Å². The molecule has 0 saturated carbocycles. The molecule has 1 aromatic heterocycles. The number of rotatable bonds is 3. The summed E-state index contributed by atoms with van der Waals surface area (Å²) < 4.78 is 27.8. The number of hydrogen-bond donors (Lipinski definition) is 1. The molecule has 4 nitrogen and oxygen atoms in total. The lowest BCUT2D eigenvalue weighted by molar-refractivity contribution is 0.0691. The van der Waals surface area contributed by atoms with Gasteiger partial charge >= 0.3 is 0 Å². The van der Waals surface area contributed by atoms with Crippen LogP contribution in [0.1, 0.15) is 35.8 Å². The number of benzene rings is 2. The molecule has 3 aromatic rings. The predicted octanol–water partition coefficient (Wildman–Crippen LogP) is 5.44. The highest BCUT2D eigenvalue weighted by molar-refractivity contribution is 6.00. The summed E-state index contributed by atoms with van der Waals surface area (Å²) in [5.74, 6) is -0.263.